The number of nitrogens with zero attached hydrogens (tertiary/aromatic N) is 1. The molecule has 2 amide bonds. The summed E-state index contributed by atoms with van der Waals surface area (Å²) in [6.07, 6.45) is 0.666. The molecule has 0 radical (unpaired) electrons. The van der Waals surface area contributed by atoms with Crippen LogP contribution >= 0.6 is 0 Å². The van der Waals surface area contributed by atoms with Crippen LogP contribution in [0.5, 0.6) is 0 Å². The molecular formula is C22H17F3N2O. The second kappa shape index (κ2) is 7.38. The molecule has 1 heterocycles. The van der Waals surface area contributed by atoms with E-state index in [1.807, 2.05) is 24.3 Å². The molecule has 1 aliphatic heterocycles. The molecule has 0 aromatic heterocycles. The van der Waals surface area contributed by atoms with Crippen molar-refractivity contribution in [3.05, 3.63) is 101 Å². The highest BCUT2D eigenvalue weighted by Gasteiger charge is 2.32. The lowest BCUT2D eigenvalue weighted by molar-refractivity contribution is 0.194. The Morgan fingerprint density at radius 3 is 2.43 bits per heavy atom. The van der Waals surface area contributed by atoms with Crippen molar-refractivity contribution in [3.8, 4) is 0 Å². The SMILES string of the molecule is O=C(Nc1ccc(F)c(F)c1)N1CCc2ccccc2[C@@H]1c1ccc(F)cc1. The predicted octanol–water partition coefficient (Wildman–Crippen LogP) is 5.28. The summed E-state index contributed by atoms with van der Waals surface area (Å²) in [4.78, 5) is 14.6. The van der Waals surface area contributed by atoms with E-state index < -0.39 is 23.7 Å². The van der Waals surface area contributed by atoms with E-state index in [9.17, 15) is 18.0 Å². The van der Waals surface area contributed by atoms with E-state index in [0.717, 1.165) is 28.8 Å². The molecule has 3 aromatic carbocycles. The monoisotopic (exact) mass is 382 g/mol. The lowest BCUT2D eigenvalue weighted by atomic mass is 9.88. The second-order valence-corrected chi connectivity index (χ2v) is 6.66. The zero-order valence-electron chi connectivity index (χ0n) is 14.8. The fourth-order valence-electron chi connectivity index (χ4n) is 3.56. The molecule has 0 bridgehead atoms. The first-order valence-corrected chi connectivity index (χ1v) is 8.89. The Morgan fingerprint density at radius 2 is 1.68 bits per heavy atom. The molecular weight excluding hydrogens is 365 g/mol. The number of urea groups is 1. The quantitative estimate of drug-likeness (QED) is 0.642. The molecule has 142 valence electrons. The van der Waals surface area contributed by atoms with Crippen LogP contribution in [0.4, 0.5) is 23.7 Å². The molecule has 1 N–H and O–H groups in total. The van der Waals surface area contributed by atoms with E-state index >= 15 is 0 Å². The van der Waals surface area contributed by atoms with Gasteiger partial charge in [0.2, 0.25) is 0 Å². The zero-order valence-corrected chi connectivity index (χ0v) is 14.8. The van der Waals surface area contributed by atoms with Gasteiger partial charge in [0.25, 0.3) is 0 Å². The van der Waals surface area contributed by atoms with E-state index in [-0.39, 0.29) is 11.5 Å². The Kier molecular flexibility index (Phi) is 4.77. The van der Waals surface area contributed by atoms with E-state index in [1.54, 1.807) is 17.0 Å². The maximum absolute atomic E-state index is 13.5. The molecule has 0 saturated heterocycles. The molecule has 3 aromatic rings. The molecule has 28 heavy (non-hydrogen) atoms. The predicted molar refractivity (Wildman–Crippen MR) is 100 cm³/mol. The Hall–Kier alpha value is -3.28. The number of anilines is 1. The summed E-state index contributed by atoms with van der Waals surface area (Å²) in [5, 5.41) is 2.63. The third-order valence-electron chi connectivity index (χ3n) is 4.90. The number of hydrogen-bond acceptors (Lipinski definition) is 1. The van der Waals surface area contributed by atoms with Crippen LogP contribution in [0.1, 0.15) is 22.7 Å². The Morgan fingerprint density at radius 1 is 0.929 bits per heavy atom. The Bertz CT molecular complexity index is 1020. The van der Waals surface area contributed by atoms with Crippen LogP contribution in [0.25, 0.3) is 0 Å². The largest absolute Gasteiger partial charge is 0.322 e. The second-order valence-electron chi connectivity index (χ2n) is 6.66. The van der Waals surface area contributed by atoms with E-state index in [1.165, 1.54) is 18.2 Å². The van der Waals surface area contributed by atoms with Crippen molar-refractivity contribution in [1.29, 1.82) is 0 Å². The van der Waals surface area contributed by atoms with Crippen LogP contribution in [0, 0.1) is 17.5 Å². The van der Waals surface area contributed by atoms with Gasteiger partial charge in [-0.05, 0) is 47.4 Å². The van der Waals surface area contributed by atoms with E-state index in [2.05, 4.69) is 5.32 Å². The molecule has 0 saturated carbocycles. The summed E-state index contributed by atoms with van der Waals surface area (Å²) >= 11 is 0. The summed E-state index contributed by atoms with van der Waals surface area (Å²) in [6.45, 7) is 0.439. The van der Waals surface area contributed by atoms with Crippen molar-refractivity contribution in [2.75, 3.05) is 11.9 Å². The molecule has 4 rings (SSSR count). The average molecular weight is 382 g/mol. The van der Waals surface area contributed by atoms with Crippen LogP contribution < -0.4 is 5.32 Å². The third-order valence-corrected chi connectivity index (χ3v) is 4.90. The summed E-state index contributed by atoms with van der Waals surface area (Å²) in [6, 6.07) is 16.2. The maximum atomic E-state index is 13.5. The van der Waals surface area contributed by atoms with Gasteiger partial charge in [-0.2, -0.15) is 0 Å². The van der Waals surface area contributed by atoms with Crippen LogP contribution in [-0.2, 0) is 6.42 Å². The first-order chi connectivity index (χ1) is 13.5. The molecule has 0 spiro atoms. The first-order valence-electron chi connectivity index (χ1n) is 8.89. The number of benzene rings is 3. The molecule has 0 aliphatic carbocycles. The summed E-state index contributed by atoms with van der Waals surface area (Å²) < 4.78 is 40.0. The Balaban J connectivity index is 1.68. The van der Waals surface area contributed by atoms with Crippen molar-refractivity contribution >= 4 is 11.7 Å². The van der Waals surface area contributed by atoms with Gasteiger partial charge >= 0.3 is 6.03 Å². The van der Waals surface area contributed by atoms with Gasteiger partial charge in [-0.15, -0.1) is 0 Å². The number of hydrogen-bond donors (Lipinski definition) is 1. The number of fused-ring (bicyclic) bond motifs is 1. The molecule has 0 fully saturated rings. The van der Waals surface area contributed by atoms with Crippen LogP contribution in [0.2, 0.25) is 0 Å². The molecule has 1 atom stereocenters. The van der Waals surface area contributed by atoms with Crippen LogP contribution in [0.15, 0.2) is 66.7 Å². The fraction of sp³-hybridized carbons (Fsp3) is 0.136. The van der Waals surface area contributed by atoms with Gasteiger partial charge in [-0.1, -0.05) is 36.4 Å². The molecule has 1 aliphatic rings. The number of amides is 2. The van der Waals surface area contributed by atoms with E-state index in [0.29, 0.717) is 13.0 Å². The first kappa shape index (κ1) is 18.1. The highest BCUT2D eigenvalue weighted by molar-refractivity contribution is 5.90. The van der Waals surface area contributed by atoms with Gasteiger partial charge in [0.1, 0.15) is 5.82 Å². The van der Waals surface area contributed by atoms with Crippen molar-refractivity contribution in [1.82, 2.24) is 4.90 Å². The van der Waals surface area contributed by atoms with Gasteiger partial charge < -0.3 is 10.2 Å². The number of nitrogens with one attached hydrogen (secondary N) is 1. The lowest BCUT2D eigenvalue weighted by Crippen LogP contribution is -2.43. The highest BCUT2D eigenvalue weighted by atomic mass is 19.2. The fourth-order valence-corrected chi connectivity index (χ4v) is 3.56. The summed E-state index contributed by atoms with van der Waals surface area (Å²) in [7, 11) is 0. The molecule has 0 unspecified atom stereocenters. The molecule has 3 nitrogen and oxygen atoms in total. The molecule has 6 heteroatoms. The number of carbonyl (C=O) groups is 1. The minimum Gasteiger partial charge on any atom is -0.313 e. The standard InChI is InChI=1S/C22H17F3N2O/c23-16-7-5-15(6-8-16)21-18-4-2-1-3-14(18)11-12-27(21)22(28)26-17-9-10-19(24)20(25)13-17/h1-10,13,21H,11-12H2,(H,26,28)/t21-/m0/s1. The van der Waals surface area contributed by atoms with Crippen molar-refractivity contribution in [2.24, 2.45) is 0 Å². The normalized spacial score (nSPS) is 15.8. The minimum absolute atomic E-state index is 0.167. The number of carbonyl (C=O) groups excluding carboxylic acids is 1. The van der Waals surface area contributed by atoms with Crippen molar-refractivity contribution in [2.45, 2.75) is 12.5 Å². The van der Waals surface area contributed by atoms with E-state index in [4.69, 9.17) is 0 Å². The summed E-state index contributed by atoms with van der Waals surface area (Å²) in [5.74, 6) is -2.36. The Labute approximate surface area is 160 Å². The van der Waals surface area contributed by atoms with Gasteiger partial charge in [0.15, 0.2) is 11.6 Å². The van der Waals surface area contributed by atoms with Crippen LogP contribution in [-0.4, -0.2) is 17.5 Å². The lowest BCUT2D eigenvalue weighted by Gasteiger charge is -2.37. The summed E-state index contributed by atoms with van der Waals surface area (Å²) in [5.41, 5.74) is 3.02. The zero-order chi connectivity index (χ0) is 19.7. The number of rotatable bonds is 2. The highest BCUT2D eigenvalue weighted by Crippen LogP contribution is 2.35. The van der Waals surface area contributed by atoms with Gasteiger partial charge in [-0.3, -0.25) is 0 Å². The van der Waals surface area contributed by atoms with Gasteiger partial charge in [-0.25, -0.2) is 18.0 Å². The topological polar surface area (TPSA) is 32.3 Å². The third kappa shape index (κ3) is 3.45. The van der Waals surface area contributed by atoms with Crippen LogP contribution in [0.3, 0.4) is 0 Å². The maximum Gasteiger partial charge on any atom is 0.322 e. The van der Waals surface area contributed by atoms with Gasteiger partial charge in [0, 0.05) is 18.3 Å². The minimum atomic E-state index is -1.03. The van der Waals surface area contributed by atoms with Crippen molar-refractivity contribution in [3.63, 3.8) is 0 Å². The smallest absolute Gasteiger partial charge is 0.313 e. The van der Waals surface area contributed by atoms with Gasteiger partial charge in [0.05, 0.1) is 6.04 Å². The average Bonchev–Trinajstić information content (AvgIpc) is 2.70. The number of halogens is 3. The van der Waals surface area contributed by atoms with Crippen molar-refractivity contribution < 1.29 is 18.0 Å².